The maximum Gasteiger partial charge on any atom is 0.242 e. The number of amides is 1. The average molecular weight is 304 g/mol. The van der Waals surface area contributed by atoms with E-state index < -0.39 is 0 Å². The minimum absolute atomic E-state index is 0.0438. The molecule has 0 fully saturated rings. The predicted octanol–water partition coefficient (Wildman–Crippen LogP) is 3.78. The summed E-state index contributed by atoms with van der Waals surface area (Å²) in [6.45, 7) is 2.48. The van der Waals surface area contributed by atoms with Gasteiger partial charge in [-0.25, -0.2) is 0 Å². The molecule has 2 aromatic rings. The molecule has 3 nitrogen and oxygen atoms in total. The summed E-state index contributed by atoms with van der Waals surface area (Å²) in [5, 5.41) is 0. The lowest BCUT2D eigenvalue weighted by Gasteiger charge is -2.22. The number of carbonyl (C=O) groups is 1. The molecule has 0 aliphatic carbocycles. The van der Waals surface area contributed by atoms with Gasteiger partial charge in [0.15, 0.2) is 0 Å². The van der Waals surface area contributed by atoms with Gasteiger partial charge in [0, 0.05) is 5.69 Å². The van der Waals surface area contributed by atoms with Gasteiger partial charge in [-0.3, -0.25) is 4.79 Å². The van der Waals surface area contributed by atoms with Crippen molar-refractivity contribution in [1.29, 1.82) is 0 Å². The number of benzene rings is 2. The number of nitrogens with zero attached hydrogens (tertiary/aromatic N) is 1. The van der Waals surface area contributed by atoms with Crippen LogP contribution >= 0.6 is 11.6 Å². The standard InChI is InChI=1S/C17H18ClNO2/c1-13-6-8-15(9-7-13)19(17(20)11-18)12-14-4-3-5-16(10-14)21-2/h3-10H,11-12H2,1-2H3. The Morgan fingerprint density at radius 2 is 1.90 bits per heavy atom. The highest BCUT2D eigenvalue weighted by atomic mass is 35.5. The average Bonchev–Trinajstić information content (AvgIpc) is 2.53. The van der Waals surface area contributed by atoms with Crippen LogP contribution in [0, 0.1) is 6.92 Å². The van der Waals surface area contributed by atoms with Crippen molar-refractivity contribution in [3.05, 3.63) is 59.7 Å². The molecule has 0 heterocycles. The van der Waals surface area contributed by atoms with Gasteiger partial charge in [-0.05, 0) is 36.8 Å². The van der Waals surface area contributed by atoms with Gasteiger partial charge in [0.2, 0.25) is 5.91 Å². The molecule has 0 N–H and O–H groups in total. The molecular formula is C17H18ClNO2. The van der Waals surface area contributed by atoms with Crippen molar-refractivity contribution in [3.63, 3.8) is 0 Å². The Kier molecular flexibility index (Phi) is 5.23. The quantitative estimate of drug-likeness (QED) is 0.787. The van der Waals surface area contributed by atoms with E-state index in [-0.39, 0.29) is 11.8 Å². The first-order chi connectivity index (χ1) is 10.1. The van der Waals surface area contributed by atoms with Gasteiger partial charge in [0.1, 0.15) is 11.6 Å². The largest absolute Gasteiger partial charge is 0.497 e. The van der Waals surface area contributed by atoms with E-state index in [1.54, 1.807) is 12.0 Å². The van der Waals surface area contributed by atoms with Gasteiger partial charge >= 0.3 is 0 Å². The van der Waals surface area contributed by atoms with Crippen LogP contribution in [0.3, 0.4) is 0 Å². The van der Waals surface area contributed by atoms with Gasteiger partial charge in [0.25, 0.3) is 0 Å². The van der Waals surface area contributed by atoms with E-state index in [1.165, 1.54) is 0 Å². The van der Waals surface area contributed by atoms with Crippen LogP contribution in [0.25, 0.3) is 0 Å². The molecule has 0 aromatic heterocycles. The zero-order valence-electron chi connectivity index (χ0n) is 12.2. The Labute approximate surface area is 130 Å². The first-order valence-electron chi connectivity index (χ1n) is 6.70. The molecule has 0 saturated heterocycles. The first kappa shape index (κ1) is 15.4. The van der Waals surface area contributed by atoms with Gasteiger partial charge in [-0.1, -0.05) is 29.8 Å². The summed E-state index contributed by atoms with van der Waals surface area (Å²) >= 11 is 5.74. The lowest BCUT2D eigenvalue weighted by Crippen LogP contribution is -2.31. The highest BCUT2D eigenvalue weighted by Gasteiger charge is 2.15. The van der Waals surface area contributed by atoms with E-state index in [9.17, 15) is 4.79 Å². The van der Waals surface area contributed by atoms with E-state index in [0.29, 0.717) is 6.54 Å². The molecule has 0 saturated carbocycles. The lowest BCUT2D eigenvalue weighted by atomic mass is 10.1. The second kappa shape index (κ2) is 7.14. The third kappa shape index (κ3) is 3.99. The molecule has 0 bridgehead atoms. The molecule has 0 spiro atoms. The number of methoxy groups -OCH3 is 1. The summed E-state index contributed by atoms with van der Waals surface area (Å²) in [5.74, 6) is 0.607. The minimum Gasteiger partial charge on any atom is -0.497 e. The predicted molar refractivity (Wildman–Crippen MR) is 86.1 cm³/mol. The fourth-order valence-electron chi connectivity index (χ4n) is 2.07. The number of ether oxygens (including phenoxy) is 1. The van der Waals surface area contributed by atoms with Crippen molar-refractivity contribution in [2.75, 3.05) is 17.9 Å². The van der Waals surface area contributed by atoms with Crippen LogP contribution in [-0.4, -0.2) is 18.9 Å². The van der Waals surface area contributed by atoms with Gasteiger partial charge in [0.05, 0.1) is 13.7 Å². The number of hydrogen-bond acceptors (Lipinski definition) is 2. The zero-order valence-corrected chi connectivity index (χ0v) is 12.9. The summed E-state index contributed by atoms with van der Waals surface area (Å²) < 4.78 is 5.22. The molecular weight excluding hydrogens is 286 g/mol. The van der Waals surface area contributed by atoms with Gasteiger partial charge in [-0.2, -0.15) is 0 Å². The van der Waals surface area contributed by atoms with E-state index in [0.717, 1.165) is 22.6 Å². The molecule has 0 aliphatic rings. The summed E-state index contributed by atoms with van der Waals surface area (Å²) in [6.07, 6.45) is 0. The summed E-state index contributed by atoms with van der Waals surface area (Å²) in [6, 6.07) is 15.5. The number of rotatable bonds is 5. The molecule has 110 valence electrons. The van der Waals surface area contributed by atoms with Crippen molar-refractivity contribution >= 4 is 23.2 Å². The van der Waals surface area contributed by atoms with Crippen molar-refractivity contribution in [2.45, 2.75) is 13.5 Å². The molecule has 21 heavy (non-hydrogen) atoms. The molecule has 0 atom stereocenters. The second-order valence-electron chi connectivity index (χ2n) is 4.80. The van der Waals surface area contributed by atoms with E-state index in [1.807, 2.05) is 55.5 Å². The number of aryl methyl sites for hydroxylation is 1. The van der Waals surface area contributed by atoms with Crippen molar-refractivity contribution < 1.29 is 9.53 Å². The first-order valence-corrected chi connectivity index (χ1v) is 7.23. The van der Waals surface area contributed by atoms with E-state index in [4.69, 9.17) is 16.3 Å². The van der Waals surface area contributed by atoms with E-state index in [2.05, 4.69) is 0 Å². The monoisotopic (exact) mass is 303 g/mol. The Morgan fingerprint density at radius 1 is 1.19 bits per heavy atom. The number of hydrogen-bond donors (Lipinski definition) is 0. The van der Waals surface area contributed by atoms with Gasteiger partial charge < -0.3 is 9.64 Å². The Morgan fingerprint density at radius 3 is 2.52 bits per heavy atom. The normalized spacial score (nSPS) is 10.2. The van der Waals surface area contributed by atoms with Crippen LogP contribution in [0.1, 0.15) is 11.1 Å². The second-order valence-corrected chi connectivity index (χ2v) is 5.07. The molecule has 0 unspecified atom stereocenters. The third-order valence-corrected chi connectivity index (χ3v) is 3.46. The molecule has 1 amide bonds. The highest BCUT2D eigenvalue weighted by Crippen LogP contribution is 2.21. The summed E-state index contributed by atoms with van der Waals surface area (Å²) in [7, 11) is 1.63. The van der Waals surface area contributed by atoms with Crippen molar-refractivity contribution in [3.8, 4) is 5.75 Å². The smallest absolute Gasteiger partial charge is 0.242 e. The maximum absolute atomic E-state index is 12.1. The van der Waals surface area contributed by atoms with Crippen molar-refractivity contribution in [1.82, 2.24) is 0 Å². The van der Waals surface area contributed by atoms with E-state index >= 15 is 0 Å². The summed E-state index contributed by atoms with van der Waals surface area (Å²) in [5.41, 5.74) is 2.99. The maximum atomic E-state index is 12.1. The number of anilines is 1. The van der Waals surface area contributed by atoms with Crippen LogP contribution in [-0.2, 0) is 11.3 Å². The summed E-state index contributed by atoms with van der Waals surface area (Å²) in [4.78, 5) is 13.8. The van der Waals surface area contributed by atoms with Crippen LogP contribution in [0.5, 0.6) is 5.75 Å². The van der Waals surface area contributed by atoms with Crippen LogP contribution in [0.4, 0.5) is 5.69 Å². The molecule has 2 rings (SSSR count). The Balaban J connectivity index is 2.28. The molecule has 0 radical (unpaired) electrons. The fourth-order valence-corrected chi connectivity index (χ4v) is 2.22. The number of carbonyl (C=O) groups excluding carboxylic acids is 1. The molecule has 2 aromatic carbocycles. The Bertz CT molecular complexity index is 610. The number of halogens is 1. The molecule has 0 aliphatic heterocycles. The topological polar surface area (TPSA) is 29.5 Å². The molecule has 4 heteroatoms. The van der Waals surface area contributed by atoms with Crippen LogP contribution in [0.2, 0.25) is 0 Å². The minimum atomic E-state index is -0.122. The lowest BCUT2D eigenvalue weighted by molar-refractivity contribution is -0.116. The highest BCUT2D eigenvalue weighted by molar-refractivity contribution is 6.29. The van der Waals surface area contributed by atoms with Crippen molar-refractivity contribution in [2.24, 2.45) is 0 Å². The fraction of sp³-hybridized carbons (Fsp3) is 0.235. The number of alkyl halides is 1. The van der Waals surface area contributed by atoms with Crippen LogP contribution < -0.4 is 9.64 Å². The van der Waals surface area contributed by atoms with Crippen LogP contribution in [0.15, 0.2) is 48.5 Å². The Hall–Kier alpha value is -2.00. The van der Waals surface area contributed by atoms with Gasteiger partial charge in [-0.15, -0.1) is 11.6 Å². The zero-order chi connectivity index (χ0) is 15.2. The SMILES string of the molecule is COc1cccc(CN(C(=O)CCl)c2ccc(C)cc2)c1. The third-order valence-electron chi connectivity index (χ3n) is 3.24.